The number of ether oxygens (including phenoxy) is 1. The molecule has 1 aliphatic carbocycles. The predicted octanol–water partition coefficient (Wildman–Crippen LogP) is 2.45. The van der Waals surface area contributed by atoms with Gasteiger partial charge in [-0.3, -0.25) is 9.69 Å². The van der Waals surface area contributed by atoms with Gasteiger partial charge in [0.1, 0.15) is 0 Å². The molecule has 24 heavy (non-hydrogen) atoms. The summed E-state index contributed by atoms with van der Waals surface area (Å²) in [4.78, 5) is 17.9. The molecule has 0 bridgehead atoms. The normalized spacial score (nSPS) is 30.7. The first kappa shape index (κ1) is 16.4. The second-order valence-corrected chi connectivity index (χ2v) is 8.22. The smallest absolute Gasteiger partial charge is 0.249 e. The minimum Gasteiger partial charge on any atom is -0.375 e. The van der Waals surface area contributed by atoms with Crippen LogP contribution < -0.4 is 0 Å². The van der Waals surface area contributed by atoms with E-state index in [0.717, 1.165) is 19.6 Å². The Balaban J connectivity index is 1.35. The van der Waals surface area contributed by atoms with E-state index in [1.807, 2.05) is 0 Å². The van der Waals surface area contributed by atoms with Gasteiger partial charge in [-0.05, 0) is 11.4 Å². The third-order valence-corrected chi connectivity index (χ3v) is 6.18. The molecule has 2 saturated heterocycles. The molecule has 0 N–H and O–H groups in total. The van der Waals surface area contributed by atoms with Gasteiger partial charge in [0.05, 0.1) is 12.7 Å². The molecule has 2 aliphatic heterocycles. The number of amides is 1. The van der Waals surface area contributed by atoms with E-state index >= 15 is 0 Å². The Morgan fingerprint density at radius 1 is 1.33 bits per heavy atom. The first-order chi connectivity index (χ1) is 11.5. The van der Waals surface area contributed by atoms with Crippen molar-refractivity contribution in [2.45, 2.75) is 31.4 Å². The van der Waals surface area contributed by atoms with Crippen LogP contribution in [0.1, 0.15) is 17.7 Å². The van der Waals surface area contributed by atoms with Crippen LogP contribution in [0.5, 0.6) is 0 Å². The molecule has 2 atom stereocenters. The van der Waals surface area contributed by atoms with Crippen molar-refractivity contribution in [3.05, 3.63) is 22.4 Å². The van der Waals surface area contributed by atoms with E-state index in [0.29, 0.717) is 19.7 Å². The van der Waals surface area contributed by atoms with E-state index in [-0.39, 0.29) is 30.8 Å². The molecule has 4 rings (SSSR count). The highest BCUT2D eigenvalue weighted by Crippen LogP contribution is 2.43. The van der Waals surface area contributed by atoms with Gasteiger partial charge in [-0.1, -0.05) is 6.07 Å². The maximum Gasteiger partial charge on any atom is 0.249 e. The number of hydrogen-bond donors (Lipinski definition) is 0. The van der Waals surface area contributed by atoms with Crippen molar-refractivity contribution in [2.75, 3.05) is 32.8 Å². The lowest BCUT2D eigenvalue weighted by molar-refractivity contribution is -0.159. The summed E-state index contributed by atoms with van der Waals surface area (Å²) in [6.07, 6.45) is -0.533. The number of rotatable bonds is 3. The van der Waals surface area contributed by atoms with E-state index in [2.05, 4.69) is 22.4 Å². The zero-order chi connectivity index (χ0) is 16.7. The molecule has 1 aromatic heterocycles. The monoisotopic (exact) mass is 356 g/mol. The van der Waals surface area contributed by atoms with E-state index < -0.39 is 11.8 Å². The van der Waals surface area contributed by atoms with Crippen LogP contribution in [0.3, 0.4) is 0 Å². The van der Waals surface area contributed by atoms with Crippen molar-refractivity contribution < 1.29 is 18.3 Å². The molecule has 0 spiro atoms. The molecule has 3 heterocycles. The molecule has 0 unspecified atom stereocenters. The lowest BCUT2D eigenvalue weighted by Crippen LogP contribution is -2.46. The highest BCUT2D eigenvalue weighted by molar-refractivity contribution is 7.09. The van der Waals surface area contributed by atoms with E-state index in [9.17, 15) is 13.6 Å². The predicted molar refractivity (Wildman–Crippen MR) is 87.1 cm³/mol. The number of fused-ring (bicyclic) bond motifs is 1. The summed E-state index contributed by atoms with van der Waals surface area (Å²) in [5, 5.41) is 2.08. The molecule has 0 aromatic carbocycles. The number of thiophene rings is 1. The molecule has 3 aliphatic rings. The summed E-state index contributed by atoms with van der Waals surface area (Å²) in [5.41, 5.74) is 0. The highest BCUT2D eigenvalue weighted by Gasteiger charge is 2.51. The Morgan fingerprint density at radius 2 is 2.17 bits per heavy atom. The van der Waals surface area contributed by atoms with Crippen LogP contribution in [0.15, 0.2) is 17.5 Å². The summed E-state index contributed by atoms with van der Waals surface area (Å²) in [5.74, 6) is -2.97. The fourth-order valence-electron chi connectivity index (χ4n) is 4.00. The van der Waals surface area contributed by atoms with Gasteiger partial charge in [-0.15, -0.1) is 11.3 Å². The van der Waals surface area contributed by atoms with Crippen LogP contribution in [0.25, 0.3) is 0 Å². The van der Waals surface area contributed by atoms with Gasteiger partial charge in [0.15, 0.2) is 0 Å². The topological polar surface area (TPSA) is 32.8 Å². The fraction of sp³-hybridized carbons (Fsp3) is 0.706. The third-order valence-electron chi connectivity index (χ3n) is 5.32. The molecule has 7 heteroatoms. The number of likely N-dealkylation sites (tertiary alicyclic amines) is 1. The first-order valence-corrected chi connectivity index (χ1v) is 9.41. The Morgan fingerprint density at radius 3 is 2.88 bits per heavy atom. The van der Waals surface area contributed by atoms with Crippen LogP contribution in [0.2, 0.25) is 0 Å². The van der Waals surface area contributed by atoms with E-state index in [1.54, 1.807) is 16.2 Å². The average Bonchev–Trinajstić information content (AvgIpc) is 3.11. The molecular formula is C17H22F2N2O2S. The van der Waals surface area contributed by atoms with Crippen molar-refractivity contribution in [3.8, 4) is 0 Å². The summed E-state index contributed by atoms with van der Waals surface area (Å²) < 4.78 is 32.0. The maximum atomic E-state index is 13.0. The Hall–Kier alpha value is -1.05. The van der Waals surface area contributed by atoms with Gasteiger partial charge < -0.3 is 9.64 Å². The fourth-order valence-corrected chi connectivity index (χ4v) is 4.75. The summed E-state index contributed by atoms with van der Waals surface area (Å²) in [7, 11) is 0. The van der Waals surface area contributed by atoms with Crippen molar-refractivity contribution in [2.24, 2.45) is 11.8 Å². The Bertz CT molecular complexity index is 587. The Labute approximate surface area is 144 Å². The number of alkyl halides is 2. The molecule has 3 fully saturated rings. The molecular weight excluding hydrogens is 334 g/mol. The molecule has 1 amide bonds. The van der Waals surface area contributed by atoms with Crippen molar-refractivity contribution in [1.82, 2.24) is 9.80 Å². The molecule has 0 radical (unpaired) electrons. The summed E-state index contributed by atoms with van der Waals surface area (Å²) in [6.45, 7) is 4.55. The van der Waals surface area contributed by atoms with Gasteiger partial charge in [0.2, 0.25) is 11.8 Å². The maximum absolute atomic E-state index is 13.0. The van der Waals surface area contributed by atoms with Crippen LogP contribution in [0.4, 0.5) is 8.78 Å². The lowest BCUT2D eigenvalue weighted by atomic mass is 9.80. The lowest BCUT2D eigenvalue weighted by Gasteiger charge is -2.36. The Kier molecular flexibility index (Phi) is 4.34. The van der Waals surface area contributed by atoms with Gasteiger partial charge in [-0.25, -0.2) is 8.78 Å². The number of nitrogens with zero attached hydrogens (tertiary/aromatic N) is 2. The van der Waals surface area contributed by atoms with E-state index in [1.165, 1.54) is 4.88 Å². The standard InChI is InChI=1S/C17H22F2N2O2S/c18-17(19)6-12(7-17)16(22)21-9-13-8-20(3-4-23-15(13)11-21)10-14-2-1-5-24-14/h1-2,5,12-13,15H,3-4,6-11H2/t13-,15+/m0/s1. The van der Waals surface area contributed by atoms with Crippen molar-refractivity contribution in [3.63, 3.8) is 0 Å². The quantitative estimate of drug-likeness (QED) is 0.834. The second-order valence-electron chi connectivity index (χ2n) is 7.19. The zero-order valence-electron chi connectivity index (χ0n) is 13.5. The summed E-state index contributed by atoms with van der Waals surface area (Å²) >= 11 is 1.75. The number of halogens is 2. The van der Waals surface area contributed by atoms with Crippen LogP contribution >= 0.6 is 11.3 Å². The van der Waals surface area contributed by atoms with Crippen LogP contribution in [0, 0.1) is 11.8 Å². The van der Waals surface area contributed by atoms with Gasteiger partial charge in [0, 0.05) is 62.3 Å². The number of carbonyl (C=O) groups is 1. The minimum atomic E-state index is -2.64. The van der Waals surface area contributed by atoms with Crippen molar-refractivity contribution in [1.29, 1.82) is 0 Å². The first-order valence-electron chi connectivity index (χ1n) is 8.53. The average molecular weight is 356 g/mol. The molecule has 1 saturated carbocycles. The number of hydrogen-bond acceptors (Lipinski definition) is 4. The second kappa shape index (κ2) is 6.35. The van der Waals surface area contributed by atoms with E-state index in [4.69, 9.17) is 4.74 Å². The third kappa shape index (κ3) is 3.34. The van der Waals surface area contributed by atoms with Gasteiger partial charge >= 0.3 is 0 Å². The van der Waals surface area contributed by atoms with Gasteiger partial charge in [-0.2, -0.15) is 0 Å². The number of carbonyl (C=O) groups excluding carboxylic acids is 1. The zero-order valence-corrected chi connectivity index (χ0v) is 14.3. The summed E-state index contributed by atoms with van der Waals surface area (Å²) in [6, 6.07) is 4.19. The van der Waals surface area contributed by atoms with Gasteiger partial charge in [0.25, 0.3) is 0 Å². The van der Waals surface area contributed by atoms with Crippen LogP contribution in [-0.4, -0.2) is 60.5 Å². The minimum absolute atomic E-state index is 0.0443. The molecule has 4 nitrogen and oxygen atoms in total. The van der Waals surface area contributed by atoms with Crippen molar-refractivity contribution >= 4 is 17.2 Å². The molecule has 1 aromatic rings. The molecule has 132 valence electrons. The van der Waals surface area contributed by atoms with Crippen LogP contribution in [-0.2, 0) is 16.1 Å². The highest BCUT2D eigenvalue weighted by atomic mass is 32.1. The SMILES string of the molecule is O=C(C1CC(F)(F)C1)N1C[C@@H]2CN(Cc3cccs3)CCO[C@@H]2C1. The largest absolute Gasteiger partial charge is 0.375 e.